The van der Waals surface area contributed by atoms with Crippen molar-refractivity contribution < 1.29 is 9.21 Å². The number of nitrogens with one attached hydrogen (secondary N) is 1. The number of carbonyl (C=O) groups excluding carboxylic acids is 1. The van der Waals surface area contributed by atoms with Crippen LogP contribution >= 0.6 is 15.9 Å². The minimum atomic E-state index is -0.193. The molecule has 8 heteroatoms. The molecule has 0 radical (unpaired) electrons. The van der Waals surface area contributed by atoms with Crippen molar-refractivity contribution in [2.75, 3.05) is 0 Å². The molecule has 1 amide bonds. The summed E-state index contributed by atoms with van der Waals surface area (Å²) in [5, 5.41) is 2.90. The van der Waals surface area contributed by atoms with Crippen LogP contribution in [0.15, 0.2) is 76.1 Å². The summed E-state index contributed by atoms with van der Waals surface area (Å²) in [6.45, 7) is 0.404. The summed E-state index contributed by atoms with van der Waals surface area (Å²) < 4.78 is 8.49. The second kappa shape index (κ2) is 7.14. The van der Waals surface area contributed by atoms with Gasteiger partial charge in [0, 0.05) is 41.4 Å². The van der Waals surface area contributed by atoms with Gasteiger partial charge >= 0.3 is 0 Å². The van der Waals surface area contributed by atoms with E-state index in [1.165, 1.54) is 6.20 Å². The summed E-state index contributed by atoms with van der Waals surface area (Å²) in [4.78, 5) is 25.1. The second-order valence-corrected chi connectivity index (χ2v) is 7.40. The summed E-state index contributed by atoms with van der Waals surface area (Å²) in [6.07, 6.45) is 6.62. The molecule has 0 aliphatic rings. The van der Waals surface area contributed by atoms with Gasteiger partial charge in [0.1, 0.15) is 5.52 Å². The number of hydrogen-bond donors (Lipinski definition) is 1. The summed E-state index contributed by atoms with van der Waals surface area (Å²) >= 11 is 3.43. The molecule has 0 spiro atoms. The Kier molecular flexibility index (Phi) is 4.33. The lowest BCUT2D eigenvalue weighted by Crippen LogP contribution is -2.23. The number of imidazole rings is 1. The zero-order chi connectivity index (χ0) is 19.8. The van der Waals surface area contributed by atoms with Crippen LogP contribution in [0.4, 0.5) is 0 Å². The van der Waals surface area contributed by atoms with Gasteiger partial charge in [0.15, 0.2) is 5.58 Å². The number of fused-ring (bicyclic) bond motifs is 2. The quantitative estimate of drug-likeness (QED) is 0.445. The molecule has 0 unspecified atom stereocenters. The molecule has 0 saturated carbocycles. The van der Waals surface area contributed by atoms with Crippen molar-refractivity contribution in [3.8, 4) is 11.5 Å². The number of nitrogens with zero attached hydrogens (tertiary/aromatic N) is 4. The first kappa shape index (κ1) is 17.6. The van der Waals surface area contributed by atoms with Crippen LogP contribution in [0.1, 0.15) is 15.9 Å². The number of rotatable bonds is 4. The van der Waals surface area contributed by atoms with Gasteiger partial charge in [0.05, 0.1) is 5.56 Å². The Hall–Kier alpha value is -3.52. The fourth-order valence-corrected chi connectivity index (χ4v) is 3.35. The largest absolute Gasteiger partial charge is 0.436 e. The maximum atomic E-state index is 12.4. The van der Waals surface area contributed by atoms with Gasteiger partial charge in [-0.3, -0.25) is 9.20 Å². The number of halogens is 1. The van der Waals surface area contributed by atoms with Crippen LogP contribution in [0.25, 0.3) is 28.3 Å². The normalized spacial score (nSPS) is 11.2. The first-order valence-corrected chi connectivity index (χ1v) is 9.67. The number of oxazole rings is 1. The molecule has 3 aromatic heterocycles. The fourth-order valence-electron chi connectivity index (χ4n) is 3.01. The van der Waals surface area contributed by atoms with E-state index in [9.17, 15) is 4.79 Å². The van der Waals surface area contributed by atoms with Crippen molar-refractivity contribution >= 4 is 38.7 Å². The Labute approximate surface area is 173 Å². The molecule has 142 valence electrons. The molecule has 0 aliphatic carbocycles. The zero-order valence-corrected chi connectivity index (χ0v) is 16.6. The van der Waals surface area contributed by atoms with E-state index in [4.69, 9.17) is 4.42 Å². The Morgan fingerprint density at radius 3 is 2.86 bits per heavy atom. The van der Waals surface area contributed by atoms with Gasteiger partial charge in [0.25, 0.3) is 5.91 Å². The average molecular weight is 448 g/mol. The van der Waals surface area contributed by atoms with Gasteiger partial charge in [0.2, 0.25) is 11.7 Å². The van der Waals surface area contributed by atoms with Gasteiger partial charge in [-0.25, -0.2) is 15.0 Å². The van der Waals surface area contributed by atoms with Crippen LogP contribution in [0.2, 0.25) is 0 Å². The maximum absolute atomic E-state index is 12.4. The number of hydrogen-bond acceptors (Lipinski definition) is 5. The van der Waals surface area contributed by atoms with Crippen LogP contribution < -0.4 is 5.32 Å². The molecular formula is C21H14BrN5O2. The second-order valence-electron chi connectivity index (χ2n) is 6.49. The molecule has 2 aromatic carbocycles. The van der Waals surface area contributed by atoms with Crippen molar-refractivity contribution in [1.82, 2.24) is 24.7 Å². The van der Waals surface area contributed by atoms with Crippen LogP contribution in [-0.2, 0) is 6.54 Å². The molecule has 0 bridgehead atoms. The van der Waals surface area contributed by atoms with Gasteiger partial charge in [-0.05, 0) is 35.9 Å². The van der Waals surface area contributed by atoms with E-state index in [2.05, 4.69) is 36.2 Å². The van der Waals surface area contributed by atoms with Crippen molar-refractivity contribution in [3.63, 3.8) is 0 Å². The molecule has 29 heavy (non-hydrogen) atoms. The van der Waals surface area contributed by atoms with E-state index in [1.54, 1.807) is 23.0 Å². The van der Waals surface area contributed by atoms with Crippen molar-refractivity contribution in [2.24, 2.45) is 0 Å². The molecule has 5 rings (SSSR count). The topological polar surface area (TPSA) is 85.3 Å². The highest BCUT2D eigenvalue weighted by atomic mass is 79.9. The van der Waals surface area contributed by atoms with Crippen LogP contribution in [0.3, 0.4) is 0 Å². The van der Waals surface area contributed by atoms with Crippen LogP contribution in [-0.4, -0.2) is 25.3 Å². The minimum absolute atomic E-state index is 0.193. The monoisotopic (exact) mass is 447 g/mol. The Bertz CT molecular complexity index is 1340. The van der Waals surface area contributed by atoms with Gasteiger partial charge in [-0.1, -0.05) is 28.1 Å². The van der Waals surface area contributed by atoms with Crippen molar-refractivity contribution in [3.05, 3.63) is 82.9 Å². The van der Waals surface area contributed by atoms with Crippen LogP contribution in [0, 0.1) is 0 Å². The predicted molar refractivity (Wildman–Crippen MR) is 111 cm³/mol. The van der Waals surface area contributed by atoms with Crippen molar-refractivity contribution in [1.29, 1.82) is 0 Å². The van der Waals surface area contributed by atoms with Crippen molar-refractivity contribution in [2.45, 2.75) is 6.54 Å². The van der Waals surface area contributed by atoms with E-state index in [1.807, 2.05) is 42.5 Å². The molecular weight excluding hydrogens is 434 g/mol. The van der Waals surface area contributed by atoms with E-state index in [-0.39, 0.29) is 5.91 Å². The third-order valence-corrected chi connectivity index (χ3v) is 5.01. The fraction of sp³-hybridized carbons (Fsp3) is 0.0476. The van der Waals surface area contributed by atoms with Gasteiger partial charge in [-0.15, -0.1) is 0 Å². The number of benzene rings is 2. The molecule has 0 atom stereocenters. The van der Waals surface area contributed by atoms with E-state index >= 15 is 0 Å². The Balaban J connectivity index is 1.29. The van der Waals surface area contributed by atoms with Crippen LogP contribution in [0.5, 0.6) is 0 Å². The predicted octanol–water partition coefficient (Wildman–Crippen LogP) is 4.23. The third-order valence-electron chi connectivity index (χ3n) is 4.51. The summed E-state index contributed by atoms with van der Waals surface area (Å²) in [7, 11) is 0. The van der Waals surface area contributed by atoms with Gasteiger partial charge in [-0.2, -0.15) is 0 Å². The minimum Gasteiger partial charge on any atom is -0.436 e. The lowest BCUT2D eigenvalue weighted by molar-refractivity contribution is 0.0950. The highest BCUT2D eigenvalue weighted by Crippen LogP contribution is 2.26. The first-order chi connectivity index (χ1) is 14.2. The Morgan fingerprint density at radius 2 is 2.00 bits per heavy atom. The number of amides is 1. The van der Waals surface area contributed by atoms with E-state index in [0.717, 1.165) is 26.7 Å². The zero-order valence-electron chi connectivity index (χ0n) is 15.0. The molecule has 0 aliphatic heterocycles. The molecule has 0 fully saturated rings. The maximum Gasteiger partial charge on any atom is 0.254 e. The molecule has 0 saturated heterocycles. The Morgan fingerprint density at radius 1 is 1.14 bits per heavy atom. The molecule has 3 heterocycles. The molecule has 7 nitrogen and oxygen atoms in total. The standard InChI is InChI=1S/C21H14BrN5O2/c22-16-5-6-17-18(9-16)29-20(26-17)14-3-1-13(2-4-14)10-24-19(28)15-11-25-21-23-7-8-27(21)12-15/h1-9,11-12H,10H2,(H,24,28). The van der Waals surface area contributed by atoms with E-state index in [0.29, 0.717) is 23.8 Å². The molecule has 5 aromatic rings. The first-order valence-electron chi connectivity index (χ1n) is 8.88. The number of aromatic nitrogens is 4. The number of carbonyl (C=O) groups is 1. The average Bonchev–Trinajstić information content (AvgIpc) is 3.38. The molecule has 1 N–H and O–H groups in total. The summed E-state index contributed by atoms with van der Waals surface area (Å²) in [5.41, 5.74) is 3.86. The lowest BCUT2D eigenvalue weighted by Gasteiger charge is -2.06. The summed E-state index contributed by atoms with van der Waals surface area (Å²) in [5.74, 6) is 0.929. The SMILES string of the molecule is O=C(NCc1ccc(-c2nc3ccc(Br)cc3o2)cc1)c1cnc2nccn2c1. The smallest absolute Gasteiger partial charge is 0.254 e. The lowest BCUT2D eigenvalue weighted by atomic mass is 10.1. The third kappa shape index (κ3) is 3.50. The highest BCUT2D eigenvalue weighted by Gasteiger charge is 2.10. The van der Waals surface area contributed by atoms with Gasteiger partial charge < -0.3 is 9.73 Å². The highest BCUT2D eigenvalue weighted by molar-refractivity contribution is 9.10. The van der Waals surface area contributed by atoms with E-state index < -0.39 is 0 Å². The summed E-state index contributed by atoms with van der Waals surface area (Å²) in [6, 6.07) is 13.5.